The lowest BCUT2D eigenvalue weighted by atomic mass is 10.0. The summed E-state index contributed by atoms with van der Waals surface area (Å²) in [6, 6.07) is 5.65. The minimum absolute atomic E-state index is 0.0125. The number of carbonyl (C=O) groups excluding carboxylic acids is 1. The van der Waals surface area contributed by atoms with Crippen molar-refractivity contribution in [2.75, 3.05) is 33.4 Å². The first-order valence-electron chi connectivity index (χ1n) is 6.71. The van der Waals surface area contributed by atoms with E-state index in [9.17, 15) is 4.79 Å². The number of amides is 1. The molecule has 0 bridgehead atoms. The summed E-state index contributed by atoms with van der Waals surface area (Å²) in [5.74, 6) is 5.77. The zero-order valence-corrected chi connectivity index (χ0v) is 12.4. The molecule has 0 aliphatic heterocycles. The fourth-order valence-corrected chi connectivity index (χ4v) is 1.86. The summed E-state index contributed by atoms with van der Waals surface area (Å²) in [6.45, 7) is 5.97. The number of hydrogen-bond acceptors (Lipinski definition) is 3. The molecule has 0 aliphatic rings. The van der Waals surface area contributed by atoms with E-state index < -0.39 is 0 Å². The molecule has 1 rings (SSSR count). The second-order valence-electron chi connectivity index (χ2n) is 4.41. The molecule has 0 aliphatic carbocycles. The molecule has 0 saturated carbocycles. The summed E-state index contributed by atoms with van der Waals surface area (Å²) < 4.78 is 5.04. The van der Waals surface area contributed by atoms with Crippen LogP contribution >= 0.6 is 0 Å². The van der Waals surface area contributed by atoms with Gasteiger partial charge in [0.1, 0.15) is 0 Å². The Kier molecular flexibility index (Phi) is 6.78. The summed E-state index contributed by atoms with van der Waals surface area (Å²) in [5.41, 5.74) is 7.81. The van der Waals surface area contributed by atoms with Gasteiger partial charge in [0.25, 0.3) is 5.91 Å². The lowest BCUT2D eigenvalue weighted by molar-refractivity contribution is 0.0705. The molecule has 0 unspecified atom stereocenters. The van der Waals surface area contributed by atoms with Gasteiger partial charge in [0.05, 0.1) is 13.2 Å². The highest BCUT2D eigenvalue weighted by molar-refractivity contribution is 5.96. The van der Waals surface area contributed by atoms with Gasteiger partial charge >= 0.3 is 0 Å². The highest BCUT2D eigenvalue weighted by Crippen LogP contribution is 2.13. The normalized spacial score (nSPS) is 9.80. The Morgan fingerprint density at radius 2 is 2.20 bits per heavy atom. The van der Waals surface area contributed by atoms with Crippen molar-refractivity contribution in [1.82, 2.24) is 4.90 Å². The highest BCUT2D eigenvalue weighted by Gasteiger charge is 2.16. The fourth-order valence-electron chi connectivity index (χ4n) is 1.86. The number of nitrogens with zero attached hydrogens (tertiary/aromatic N) is 1. The first kappa shape index (κ1) is 16.2. The van der Waals surface area contributed by atoms with Crippen molar-refractivity contribution >= 4 is 5.91 Å². The number of carbonyl (C=O) groups is 1. The van der Waals surface area contributed by atoms with Gasteiger partial charge in [-0.3, -0.25) is 4.79 Å². The molecular weight excluding hydrogens is 252 g/mol. The molecule has 20 heavy (non-hydrogen) atoms. The molecule has 0 spiro atoms. The molecule has 108 valence electrons. The van der Waals surface area contributed by atoms with Gasteiger partial charge in [-0.05, 0) is 31.5 Å². The van der Waals surface area contributed by atoms with Crippen LogP contribution in [0.5, 0.6) is 0 Å². The van der Waals surface area contributed by atoms with E-state index in [-0.39, 0.29) is 5.91 Å². The lowest BCUT2D eigenvalue weighted by Crippen LogP contribution is -2.34. The van der Waals surface area contributed by atoms with E-state index in [1.54, 1.807) is 12.0 Å². The van der Waals surface area contributed by atoms with Crippen molar-refractivity contribution in [2.24, 2.45) is 5.73 Å². The largest absolute Gasteiger partial charge is 0.383 e. The quantitative estimate of drug-likeness (QED) is 0.826. The van der Waals surface area contributed by atoms with Crippen molar-refractivity contribution in [1.29, 1.82) is 0 Å². The average molecular weight is 274 g/mol. The zero-order chi connectivity index (χ0) is 15.0. The van der Waals surface area contributed by atoms with Crippen LogP contribution in [0.1, 0.15) is 28.4 Å². The number of benzene rings is 1. The van der Waals surface area contributed by atoms with Crippen molar-refractivity contribution in [3.05, 3.63) is 34.9 Å². The van der Waals surface area contributed by atoms with E-state index in [0.717, 1.165) is 11.1 Å². The van der Waals surface area contributed by atoms with Crippen LogP contribution in [0.25, 0.3) is 0 Å². The predicted molar refractivity (Wildman–Crippen MR) is 80.6 cm³/mol. The second kappa shape index (κ2) is 8.36. The summed E-state index contributed by atoms with van der Waals surface area (Å²) in [7, 11) is 1.63. The number of likely N-dealkylation sites (N-methyl/N-ethyl adjacent to an activating group) is 1. The maximum Gasteiger partial charge on any atom is 0.254 e. The molecule has 1 aromatic rings. The Labute approximate surface area is 120 Å². The number of nitrogens with two attached hydrogens (primary N) is 1. The lowest BCUT2D eigenvalue weighted by Gasteiger charge is -2.21. The molecule has 1 aromatic carbocycles. The van der Waals surface area contributed by atoms with Crippen LogP contribution < -0.4 is 5.73 Å². The van der Waals surface area contributed by atoms with Crippen LogP contribution in [0.4, 0.5) is 0 Å². The Morgan fingerprint density at radius 1 is 1.45 bits per heavy atom. The van der Waals surface area contributed by atoms with E-state index in [1.807, 2.05) is 32.0 Å². The average Bonchev–Trinajstić information content (AvgIpc) is 2.47. The summed E-state index contributed by atoms with van der Waals surface area (Å²) >= 11 is 0. The standard InChI is InChI=1S/C16H22N2O2/c1-4-18(10-11-20-3)16(19)15-12-14(6-5-9-17)8-7-13(15)2/h7-8,12H,4,9-11,17H2,1-3H3. The van der Waals surface area contributed by atoms with Crippen molar-refractivity contribution in [3.63, 3.8) is 0 Å². The van der Waals surface area contributed by atoms with E-state index in [4.69, 9.17) is 10.5 Å². The molecule has 0 radical (unpaired) electrons. The van der Waals surface area contributed by atoms with Gasteiger partial charge in [0, 0.05) is 31.3 Å². The Bertz CT molecular complexity index is 515. The van der Waals surface area contributed by atoms with Crippen LogP contribution in [-0.2, 0) is 4.74 Å². The topological polar surface area (TPSA) is 55.6 Å². The van der Waals surface area contributed by atoms with Crippen molar-refractivity contribution < 1.29 is 9.53 Å². The monoisotopic (exact) mass is 274 g/mol. The summed E-state index contributed by atoms with van der Waals surface area (Å²) in [4.78, 5) is 14.3. The van der Waals surface area contributed by atoms with Gasteiger partial charge in [-0.2, -0.15) is 0 Å². The molecule has 0 aromatic heterocycles. The Balaban J connectivity index is 3.00. The zero-order valence-electron chi connectivity index (χ0n) is 12.4. The number of hydrogen-bond donors (Lipinski definition) is 1. The number of ether oxygens (including phenoxy) is 1. The third-order valence-electron chi connectivity index (χ3n) is 3.04. The van der Waals surface area contributed by atoms with E-state index in [0.29, 0.717) is 31.8 Å². The van der Waals surface area contributed by atoms with Crippen LogP contribution in [0.2, 0.25) is 0 Å². The molecule has 0 heterocycles. The fraction of sp³-hybridized carbons (Fsp3) is 0.438. The molecule has 0 fully saturated rings. The summed E-state index contributed by atoms with van der Waals surface area (Å²) in [5, 5.41) is 0. The van der Waals surface area contributed by atoms with Crippen molar-refractivity contribution in [2.45, 2.75) is 13.8 Å². The second-order valence-corrected chi connectivity index (χ2v) is 4.41. The molecular formula is C16H22N2O2. The maximum atomic E-state index is 12.5. The van der Waals surface area contributed by atoms with Crippen LogP contribution in [0, 0.1) is 18.8 Å². The minimum atomic E-state index is 0.0125. The minimum Gasteiger partial charge on any atom is -0.383 e. The molecule has 4 heteroatoms. The Hall–Kier alpha value is -1.83. The van der Waals surface area contributed by atoms with E-state index >= 15 is 0 Å². The molecule has 0 saturated heterocycles. The smallest absolute Gasteiger partial charge is 0.254 e. The van der Waals surface area contributed by atoms with Crippen LogP contribution in [0.3, 0.4) is 0 Å². The molecule has 4 nitrogen and oxygen atoms in total. The molecule has 2 N–H and O–H groups in total. The first-order chi connectivity index (χ1) is 9.63. The maximum absolute atomic E-state index is 12.5. The van der Waals surface area contributed by atoms with E-state index in [2.05, 4.69) is 11.8 Å². The highest BCUT2D eigenvalue weighted by atomic mass is 16.5. The first-order valence-corrected chi connectivity index (χ1v) is 6.71. The predicted octanol–water partition coefficient (Wildman–Crippen LogP) is 1.41. The van der Waals surface area contributed by atoms with Gasteiger partial charge in [-0.25, -0.2) is 0 Å². The third-order valence-corrected chi connectivity index (χ3v) is 3.04. The van der Waals surface area contributed by atoms with Gasteiger partial charge in [0.2, 0.25) is 0 Å². The van der Waals surface area contributed by atoms with Gasteiger partial charge in [0.15, 0.2) is 0 Å². The summed E-state index contributed by atoms with van der Waals surface area (Å²) in [6.07, 6.45) is 0. The van der Waals surface area contributed by atoms with Gasteiger partial charge < -0.3 is 15.4 Å². The van der Waals surface area contributed by atoms with Crippen molar-refractivity contribution in [3.8, 4) is 11.8 Å². The van der Waals surface area contributed by atoms with E-state index in [1.165, 1.54) is 0 Å². The van der Waals surface area contributed by atoms with Crippen LogP contribution in [-0.4, -0.2) is 44.2 Å². The number of aryl methyl sites for hydroxylation is 1. The van der Waals surface area contributed by atoms with Gasteiger partial charge in [-0.1, -0.05) is 17.9 Å². The molecule has 0 atom stereocenters. The van der Waals surface area contributed by atoms with Crippen LogP contribution in [0.15, 0.2) is 18.2 Å². The number of methoxy groups -OCH3 is 1. The Morgan fingerprint density at radius 3 is 2.80 bits per heavy atom. The SMILES string of the molecule is CCN(CCOC)C(=O)c1cc(C#CCN)ccc1C. The van der Waals surface area contributed by atoms with Gasteiger partial charge in [-0.15, -0.1) is 0 Å². The third kappa shape index (κ3) is 4.37. The molecule has 1 amide bonds. The number of rotatable bonds is 5.